The van der Waals surface area contributed by atoms with E-state index in [1.54, 1.807) is 6.07 Å². The lowest BCUT2D eigenvalue weighted by Crippen LogP contribution is -2.10. The second kappa shape index (κ2) is 5.04. The van der Waals surface area contributed by atoms with Gasteiger partial charge in [0.2, 0.25) is 0 Å². The van der Waals surface area contributed by atoms with Crippen molar-refractivity contribution in [3.05, 3.63) is 52.8 Å². The van der Waals surface area contributed by atoms with Crippen LogP contribution in [0.3, 0.4) is 0 Å². The summed E-state index contributed by atoms with van der Waals surface area (Å²) in [6.07, 6.45) is 0. The van der Waals surface area contributed by atoms with E-state index in [0.717, 1.165) is 17.0 Å². The Hall–Kier alpha value is -2.10. The highest BCUT2D eigenvalue weighted by Crippen LogP contribution is 2.13. The van der Waals surface area contributed by atoms with Crippen molar-refractivity contribution in [1.82, 2.24) is 9.78 Å². The first kappa shape index (κ1) is 12.4. The number of carbonyl (C=O) groups is 1. The Morgan fingerprint density at radius 2 is 2.06 bits per heavy atom. The summed E-state index contributed by atoms with van der Waals surface area (Å²) in [5.41, 5.74) is 3.55. The maximum absolute atomic E-state index is 11.7. The lowest BCUT2D eigenvalue weighted by Gasteiger charge is -2.09. The molecule has 0 radical (unpaired) electrons. The molecule has 0 saturated heterocycles. The first-order chi connectivity index (χ1) is 8.61. The molecule has 4 heteroatoms. The molecule has 0 aliphatic rings. The number of esters is 1. The van der Waals surface area contributed by atoms with Crippen LogP contribution in [0.25, 0.3) is 0 Å². The number of aryl methyl sites for hydroxylation is 2. The number of nitrogens with zero attached hydrogens (tertiary/aromatic N) is 2. The van der Waals surface area contributed by atoms with E-state index in [1.807, 2.05) is 42.8 Å². The summed E-state index contributed by atoms with van der Waals surface area (Å²) in [5.74, 6) is -0.313. The second-order valence-corrected chi connectivity index (χ2v) is 4.23. The van der Waals surface area contributed by atoms with Gasteiger partial charge in [-0.05, 0) is 31.5 Å². The molecule has 0 bridgehead atoms. The SMILES string of the molecule is COC(=O)c1ccccc1Cn1nc(C)cc1C. The molecule has 0 spiro atoms. The third kappa shape index (κ3) is 2.42. The van der Waals surface area contributed by atoms with E-state index in [2.05, 4.69) is 5.10 Å². The first-order valence-electron chi connectivity index (χ1n) is 5.79. The Labute approximate surface area is 106 Å². The van der Waals surface area contributed by atoms with E-state index in [9.17, 15) is 4.79 Å². The van der Waals surface area contributed by atoms with Gasteiger partial charge < -0.3 is 4.74 Å². The van der Waals surface area contributed by atoms with Crippen LogP contribution < -0.4 is 0 Å². The molecule has 0 amide bonds. The zero-order chi connectivity index (χ0) is 13.1. The van der Waals surface area contributed by atoms with Crippen molar-refractivity contribution in [3.63, 3.8) is 0 Å². The zero-order valence-electron chi connectivity index (χ0n) is 10.8. The van der Waals surface area contributed by atoms with E-state index in [4.69, 9.17) is 4.74 Å². The first-order valence-corrected chi connectivity index (χ1v) is 5.79. The minimum atomic E-state index is -0.313. The number of hydrogen-bond donors (Lipinski definition) is 0. The molecule has 0 atom stereocenters. The van der Waals surface area contributed by atoms with Crippen LogP contribution in [0.15, 0.2) is 30.3 Å². The van der Waals surface area contributed by atoms with Gasteiger partial charge in [0.15, 0.2) is 0 Å². The fourth-order valence-electron chi connectivity index (χ4n) is 1.96. The Kier molecular flexibility index (Phi) is 3.46. The van der Waals surface area contributed by atoms with Crippen LogP contribution in [-0.4, -0.2) is 22.9 Å². The van der Waals surface area contributed by atoms with Crippen molar-refractivity contribution < 1.29 is 9.53 Å². The van der Waals surface area contributed by atoms with Crippen LogP contribution in [0.4, 0.5) is 0 Å². The van der Waals surface area contributed by atoms with E-state index in [-0.39, 0.29) is 5.97 Å². The number of rotatable bonds is 3. The Bertz CT molecular complexity index is 573. The quantitative estimate of drug-likeness (QED) is 0.778. The van der Waals surface area contributed by atoms with Gasteiger partial charge in [0.1, 0.15) is 0 Å². The maximum atomic E-state index is 11.7. The number of methoxy groups -OCH3 is 1. The highest BCUT2D eigenvalue weighted by Gasteiger charge is 2.12. The summed E-state index contributed by atoms with van der Waals surface area (Å²) in [6.45, 7) is 4.53. The van der Waals surface area contributed by atoms with Crippen molar-refractivity contribution in [2.75, 3.05) is 7.11 Å². The average Bonchev–Trinajstić information content (AvgIpc) is 2.67. The number of hydrogen-bond acceptors (Lipinski definition) is 3. The molecule has 2 aromatic rings. The lowest BCUT2D eigenvalue weighted by atomic mass is 10.1. The van der Waals surface area contributed by atoms with Gasteiger partial charge in [-0.15, -0.1) is 0 Å². The molecule has 1 aromatic carbocycles. The highest BCUT2D eigenvalue weighted by atomic mass is 16.5. The molecular formula is C14H16N2O2. The summed E-state index contributed by atoms with van der Waals surface area (Å²) >= 11 is 0. The molecule has 94 valence electrons. The predicted molar refractivity (Wildman–Crippen MR) is 68.6 cm³/mol. The number of ether oxygens (including phenoxy) is 1. The molecule has 0 saturated carbocycles. The zero-order valence-corrected chi connectivity index (χ0v) is 10.8. The number of carbonyl (C=O) groups excluding carboxylic acids is 1. The monoisotopic (exact) mass is 244 g/mol. The molecule has 18 heavy (non-hydrogen) atoms. The predicted octanol–water partition coefficient (Wildman–Crippen LogP) is 2.33. The number of aromatic nitrogens is 2. The van der Waals surface area contributed by atoms with Crippen molar-refractivity contribution >= 4 is 5.97 Å². The topological polar surface area (TPSA) is 44.1 Å². The molecule has 0 aliphatic heterocycles. The van der Waals surface area contributed by atoms with Crippen LogP contribution in [-0.2, 0) is 11.3 Å². The van der Waals surface area contributed by atoms with E-state index < -0.39 is 0 Å². The van der Waals surface area contributed by atoms with Gasteiger partial charge in [-0.3, -0.25) is 4.68 Å². The molecule has 2 rings (SSSR count). The number of benzene rings is 1. The summed E-state index contributed by atoms with van der Waals surface area (Å²) < 4.78 is 6.67. The standard InChI is InChI=1S/C14H16N2O2/c1-10-8-11(2)16(15-10)9-12-6-4-5-7-13(12)14(17)18-3/h4-8H,9H2,1-3H3. The summed E-state index contributed by atoms with van der Waals surface area (Å²) in [7, 11) is 1.39. The molecule has 0 fully saturated rings. The van der Waals surface area contributed by atoms with Gasteiger partial charge in [0.05, 0.1) is 24.9 Å². The normalized spacial score (nSPS) is 10.4. The minimum absolute atomic E-state index is 0.313. The minimum Gasteiger partial charge on any atom is -0.465 e. The Morgan fingerprint density at radius 3 is 2.67 bits per heavy atom. The molecule has 0 unspecified atom stereocenters. The summed E-state index contributed by atoms with van der Waals surface area (Å²) in [5, 5.41) is 4.40. The lowest BCUT2D eigenvalue weighted by molar-refractivity contribution is 0.0599. The van der Waals surface area contributed by atoms with Crippen molar-refractivity contribution in [3.8, 4) is 0 Å². The van der Waals surface area contributed by atoms with Crippen LogP contribution in [0.1, 0.15) is 27.3 Å². The molecule has 0 aliphatic carbocycles. The smallest absolute Gasteiger partial charge is 0.338 e. The molecule has 4 nitrogen and oxygen atoms in total. The fraction of sp³-hybridized carbons (Fsp3) is 0.286. The van der Waals surface area contributed by atoms with Crippen molar-refractivity contribution in [2.45, 2.75) is 20.4 Å². The summed E-state index contributed by atoms with van der Waals surface area (Å²) in [6, 6.07) is 9.45. The van der Waals surface area contributed by atoms with Gasteiger partial charge in [-0.25, -0.2) is 4.79 Å². The van der Waals surface area contributed by atoms with Crippen molar-refractivity contribution in [2.24, 2.45) is 0 Å². The van der Waals surface area contributed by atoms with Gasteiger partial charge in [-0.2, -0.15) is 5.10 Å². The van der Waals surface area contributed by atoms with Gasteiger partial charge in [0.25, 0.3) is 0 Å². The third-order valence-electron chi connectivity index (χ3n) is 2.85. The maximum Gasteiger partial charge on any atom is 0.338 e. The van der Waals surface area contributed by atoms with Crippen LogP contribution in [0.2, 0.25) is 0 Å². The Morgan fingerprint density at radius 1 is 1.33 bits per heavy atom. The molecule has 1 heterocycles. The van der Waals surface area contributed by atoms with Crippen LogP contribution >= 0.6 is 0 Å². The van der Waals surface area contributed by atoms with E-state index in [0.29, 0.717) is 12.1 Å². The van der Waals surface area contributed by atoms with Crippen molar-refractivity contribution in [1.29, 1.82) is 0 Å². The second-order valence-electron chi connectivity index (χ2n) is 4.23. The third-order valence-corrected chi connectivity index (χ3v) is 2.85. The van der Waals surface area contributed by atoms with E-state index in [1.165, 1.54) is 7.11 Å². The average molecular weight is 244 g/mol. The fourth-order valence-corrected chi connectivity index (χ4v) is 1.96. The van der Waals surface area contributed by atoms with Crippen LogP contribution in [0, 0.1) is 13.8 Å². The Balaban J connectivity index is 2.34. The molecular weight excluding hydrogens is 228 g/mol. The molecule has 0 N–H and O–H groups in total. The highest BCUT2D eigenvalue weighted by molar-refractivity contribution is 5.90. The van der Waals surface area contributed by atoms with Gasteiger partial charge in [0, 0.05) is 5.69 Å². The largest absolute Gasteiger partial charge is 0.465 e. The van der Waals surface area contributed by atoms with Gasteiger partial charge >= 0.3 is 5.97 Å². The van der Waals surface area contributed by atoms with Gasteiger partial charge in [-0.1, -0.05) is 18.2 Å². The molecule has 1 aromatic heterocycles. The summed E-state index contributed by atoms with van der Waals surface area (Å²) in [4.78, 5) is 11.7. The van der Waals surface area contributed by atoms with Crippen LogP contribution in [0.5, 0.6) is 0 Å². The van der Waals surface area contributed by atoms with E-state index >= 15 is 0 Å².